The van der Waals surface area contributed by atoms with Gasteiger partial charge in [0.1, 0.15) is 5.75 Å². The summed E-state index contributed by atoms with van der Waals surface area (Å²) < 4.78 is 5.41. The SMILES string of the molecule is CCN1CCCCC(CNC)C1c1ccc(OC)c(C)c1. The van der Waals surface area contributed by atoms with Crippen molar-refractivity contribution in [1.82, 2.24) is 10.2 Å². The van der Waals surface area contributed by atoms with Crippen molar-refractivity contribution in [1.29, 1.82) is 0 Å². The molecular weight excluding hydrogens is 260 g/mol. The van der Waals surface area contributed by atoms with Crippen molar-refractivity contribution in [2.75, 3.05) is 33.8 Å². The second kappa shape index (κ2) is 7.81. The molecule has 0 aliphatic carbocycles. The zero-order chi connectivity index (χ0) is 15.2. The molecule has 0 radical (unpaired) electrons. The van der Waals surface area contributed by atoms with Crippen molar-refractivity contribution in [3.05, 3.63) is 29.3 Å². The minimum absolute atomic E-state index is 0.523. The van der Waals surface area contributed by atoms with Crippen LogP contribution in [0.3, 0.4) is 0 Å². The van der Waals surface area contributed by atoms with E-state index in [1.807, 2.05) is 0 Å². The number of benzene rings is 1. The van der Waals surface area contributed by atoms with E-state index >= 15 is 0 Å². The molecule has 1 aliphatic heterocycles. The lowest BCUT2D eigenvalue weighted by molar-refractivity contribution is 0.162. The number of nitrogens with zero attached hydrogens (tertiary/aromatic N) is 1. The molecule has 1 fully saturated rings. The third kappa shape index (κ3) is 3.78. The first-order valence-electron chi connectivity index (χ1n) is 8.24. The monoisotopic (exact) mass is 290 g/mol. The number of rotatable bonds is 5. The largest absolute Gasteiger partial charge is 0.496 e. The third-order valence-corrected chi connectivity index (χ3v) is 4.74. The van der Waals surface area contributed by atoms with E-state index in [9.17, 15) is 0 Å². The van der Waals surface area contributed by atoms with Gasteiger partial charge in [-0.15, -0.1) is 0 Å². The first kappa shape index (κ1) is 16.3. The summed E-state index contributed by atoms with van der Waals surface area (Å²) in [5.74, 6) is 1.67. The molecule has 1 N–H and O–H groups in total. The van der Waals surface area contributed by atoms with Crippen LogP contribution in [-0.4, -0.2) is 38.7 Å². The summed E-state index contributed by atoms with van der Waals surface area (Å²) in [5, 5.41) is 3.40. The zero-order valence-corrected chi connectivity index (χ0v) is 14.0. The molecule has 0 bridgehead atoms. The minimum atomic E-state index is 0.523. The molecule has 1 aliphatic rings. The Labute approximate surface area is 129 Å². The van der Waals surface area contributed by atoms with Crippen LogP contribution < -0.4 is 10.1 Å². The predicted octanol–water partition coefficient (Wildman–Crippen LogP) is 3.39. The Kier molecular flexibility index (Phi) is 6.07. The second-order valence-corrected chi connectivity index (χ2v) is 6.12. The summed E-state index contributed by atoms with van der Waals surface area (Å²) in [5.41, 5.74) is 2.68. The Morgan fingerprint density at radius 3 is 2.76 bits per heavy atom. The number of hydrogen-bond acceptors (Lipinski definition) is 3. The van der Waals surface area contributed by atoms with E-state index in [-0.39, 0.29) is 0 Å². The highest BCUT2D eigenvalue weighted by atomic mass is 16.5. The number of methoxy groups -OCH3 is 1. The highest BCUT2D eigenvalue weighted by Gasteiger charge is 2.30. The van der Waals surface area contributed by atoms with Gasteiger partial charge in [0.05, 0.1) is 7.11 Å². The van der Waals surface area contributed by atoms with Crippen molar-refractivity contribution in [2.45, 2.75) is 39.2 Å². The van der Waals surface area contributed by atoms with E-state index in [1.54, 1.807) is 7.11 Å². The molecule has 0 spiro atoms. The van der Waals surface area contributed by atoms with Crippen LogP contribution in [0.5, 0.6) is 5.75 Å². The number of ether oxygens (including phenoxy) is 1. The van der Waals surface area contributed by atoms with Crippen LogP contribution in [0, 0.1) is 12.8 Å². The number of hydrogen-bond donors (Lipinski definition) is 1. The van der Waals surface area contributed by atoms with Crippen molar-refractivity contribution in [2.24, 2.45) is 5.92 Å². The summed E-state index contributed by atoms with van der Waals surface area (Å²) in [6.07, 6.45) is 3.97. The predicted molar refractivity (Wildman–Crippen MR) is 89.0 cm³/mol. The van der Waals surface area contributed by atoms with Crippen LogP contribution in [0.1, 0.15) is 43.4 Å². The number of likely N-dealkylation sites (tertiary alicyclic amines) is 1. The second-order valence-electron chi connectivity index (χ2n) is 6.12. The van der Waals surface area contributed by atoms with E-state index in [0.717, 1.165) is 18.8 Å². The standard InChI is InChI=1S/C18H30N2O/c1-5-20-11-7-6-8-16(13-19-3)18(20)15-9-10-17(21-4)14(2)12-15/h9-10,12,16,18-19H,5-8,11,13H2,1-4H3. The molecule has 2 rings (SSSR count). The summed E-state index contributed by atoms with van der Waals surface area (Å²) in [4.78, 5) is 2.65. The third-order valence-electron chi connectivity index (χ3n) is 4.74. The van der Waals surface area contributed by atoms with Gasteiger partial charge in [-0.25, -0.2) is 0 Å². The van der Waals surface area contributed by atoms with Gasteiger partial charge in [0.2, 0.25) is 0 Å². The maximum absolute atomic E-state index is 5.41. The molecule has 3 nitrogen and oxygen atoms in total. The molecule has 118 valence electrons. The number of nitrogens with one attached hydrogen (secondary N) is 1. The van der Waals surface area contributed by atoms with Crippen LogP contribution in [0.4, 0.5) is 0 Å². The maximum Gasteiger partial charge on any atom is 0.121 e. The molecule has 21 heavy (non-hydrogen) atoms. The van der Waals surface area contributed by atoms with Gasteiger partial charge in [0.25, 0.3) is 0 Å². The molecule has 3 heteroatoms. The van der Waals surface area contributed by atoms with Crippen molar-refractivity contribution >= 4 is 0 Å². The Morgan fingerprint density at radius 2 is 2.14 bits per heavy atom. The summed E-state index contributed by atoms with van der Waals surface area (Å²) >= 11 is 0. The molecular formula is C18H30N2O. The van der Waals surface area contributed by atoms with E-state index in [2.05, 4.69) is 49.3 Å². The maximum atomic E-state index is 5.41. The van der Waals surface area contributed by atoms with Crippen molar-refractivity contribution in [3.63, 3.8) is 0 Å². The lowest BCUT2D eigenvalue weighted by atomic mass is 9.88. The Hall–Kier alpha value is -1.06. The molecule has 1 saturated heterocycles. The minimum Gasteiger partial charge on any atom is -0.496 e. The molecule has 1 aromatic carbocycles. The summed E-state index contributed by atoms with van der Waals surface area (Å²) in [6, 6.07) is 7.22. The fourth-order valence-corrected chi connectivity index (χ4v) is 3.72. The fraction of sp³-hybridized carbons (Fsp3) is 0.667. The molecule has 2 atom stereocenters. The van der Waals surface area contributed by atoms with E-state index in [4.69, 9.17) is 4.74 Å². The van der Waals surface area contributed by atoms with Gasteiger partial charge in [0, 0.05) is 6.04 Å². The fourth-order valence-electron chi connectivity index (χ4n) is 3.72. The Bertz CT molecular complexity index is 447. The van der Waals surface area contributed by atoms with Gasteiger partial charge in [-0.1, -0.05) is 25.5 Å². The molecule has 0 amide bonds. The first-order valence-corrected chi connectivity index (χ1v) is 8.24. The van der Waals surface area contributed by atoms with Gasteiger partial charge in [-0.2, -0.15) is 0 Å². The van der Waals surface area contributed by atoms with E-state index < -0.39 is 0 Å². The molecule has 1 heterocycles. The zero-order valence-electron chi connectivity index (χ0n) is 14.0. The van der Waals surface area contributed by atoms with Crippen LogP contribution in [0.25, 0.3) is 0 Å². The Morgan fingerprint density at radius 1 is 1.33 bits per heavy atom. The quantitative estimate of drug-likeness (QED) is 0.899. The van der Waals surface area contributed by atoms with E-state index in [0.29, 0.717) is 12.0 Å². The lowest BCUT2D eigenvalue weighted by Crippen LogP contribution is -2.36. The first-order chi connectivity index (χ1) is 10.2. The average molecular weight is 290 g/mol. The topological polar surface area (TPSA) is 24.5 Å². The van der Waals surface area contributed by atoms with Crippen molar-refractivity contribution < 1.29 is 4.74 Å². The van der Waals surface area contributed by atoms with Crippen LogP contribution >= 0.6 is 0 Å². The molecule has 2 unspecified atom stereocenters. The molecule has 0 aromatic heterocycles. The van der Waals surface area contributed by atoms with Gasteiger partial charge < -0.3 is 10.1 Å². The van der Waals surface area contributed by atoms with Crippen molar-refractivity contribution in [3.8, 4) is 5.75 Å². The van der Waals surface area contributed by atoms with Crippen LogP contribution in [-0.2, 0) is 0 Å². The van der Waals surface area contributed by atoms with Gasteiger partial charge >= 0.3 is 0 Å². The summed E-state index contributed by atoms with van der Waals surface area (Å²) in [7, 11) is 3.81. The van der Waals surface area contributed by atoms with Crippen LogP contribution in [0.2, 0.25) is 0 Å². The highest BCUT2D eigenvalue weighted by Crippen LogP contribution is 2.36. The normalized spacial score (nSPS) is 23.8. The van der Waals surface area contributed by atoms with Gasteiger partial charge in [0.15, 0.2) is 0 Å². The Balaban J connectivity index is 2.34. The lowest BCUT2D eigenvalue weighted by Gasteiger charge is -2.35. The molecule has 0 saturated carbocycles. The number of aryl methyl sites for hydroxylation is 1. The van der Waals surface area contributed by atoms with Gasteiger partial charge in [-0.05, 0) is 69.6 Å². The average Bonchev–Trinajstić information content (AvgIpc) is 2.69. The van der Waals surface area contributed by atoms with E-state index in [1.165, 1.54) is 36.9 Å². The van der Waals surface area contributed by atoms with Crippen LogP contribution in [0.15, 0.2) is 18.2 Å². The van der Waals surface area contributed by atoms with Gasteiger partial charge in [-0.3, -0.25) is 4.90 Å². The summed E-state index contributed by atoms with van der Waals surface area (Å²) in [6.45, 7) is 7.85. The smallest absolute Gasteiger partial charge is 0.121 e. The highest BCUT2D eigenvalue weighted by molar-refractivity contribution is 5.37. The molecule has 1 aromatic rings.